The van der Waals surface area contributed by atoms with E-state index in [1.54, 1.807) is 6.33 Å². The maximum Gasteiger partial charge on any atom is 0.223 e. The minimum Gasteiger partial charge on any atom is -0.349 e. The van der Waals surface area contributed by atoms with Crippen molar-refractivity contribution < 1.29 is 4.79 Å². The molecule has 2 N–H and O–H groups in total. The standard InChI is InChI=1S/C12H21N5O/c1-3-17-8-15-16-11(17)7-14-12(18)10-4-5-13-9(2)6-10/h8-10,13H,3-7H2,1-2H3,(H,14,18). The molecular weight excluding hydrogens is 230 g/mol. The largest absolute Gasteiger partial charge is 0.349 e. The fourth-order valence-electron chi connectivity index (χ4n) is 2.36. The van der Waals surface area contributed by atoms with Gasteiger partial charge in [0.25, 0.3) is 0 Å². The van der Waals surface area contributed by atoms with Crippen LogP contribution in [0.25, 0.3) is 0 Å². The zero-order chi connectivity index (χ0) is 13.0. The van der Waals surface area contributed by atoms with E-state index in [0.717, 1.165) is 31.8 Å². The van der Waals surface area contributed by atoms with Crippen molar-refractivity contribution >= 4 is 5.91 Å². The van der Waals surface area contributed by atoms with Crippen molar-refractivity contribution in [2.75, 3.05) is 6.54 Å². The van der Waals surface area contributed by atoms with Crippen LogP contribution in [0.2, 0.25) is 0 Å². The molecule has 1 fully saturated rings. The van der Waals surface area contributed by atoms with Gasteiger partial charge in [0.05, 0.1) is 6.54 Å². The second-order valence-corrected chi connectivity index (χ2v) is 4.83. The number of nitrogens with one attached hydrogen (secondary N) is 2. The van der Waals surface area contributed by atoms with Gasteiger partial charge >= 0.3 is 0 Å². The highest BCUT2D eigenvalue weighted by Gasteiger charge is 2.24. The quantitative estimate of drug-likeness (QED) is 0.807. The number of hydrogen-bond acceptors (Lipinski definition) is 4. The Morgan fingerprint density at radius 3 is 3.22 bits per heavy atom. The molecule has 0 saturated carbocycles. The highest BCUT2D eigenvalue weighted by molar-refractivity contribution is 5.78. The first-order chi connectivity index (χ1) is 8.70. The molecule has 0 bridgehead atoms. The van der Waals surface area contributed by atoms with E-state index >= 15 is 0 Å². The van der Waals surface area contributed by atoms with Crippen molar-refractivity contribution in [2.24, 2.45) is 5.92 Å². The summed E-state index contributed by atoms with van der Waals surface area (Å²) in [7, 11) is 0. The maximum atomic E-state index is 12.0. The van der Waals surface area contributed by atoms with Crippen molar-refractivity contribution in [3.8, 4) is 0 Å². The SMILES string of the molecule is CCn1cnnc1CNC(=O)C1CCNC(C)C1. The van der Waals surface area contributed by atoms with Crippen LogP contribution in [0.3, 0.4) is 0 Å². The first kappa shape index (κ1) is 13.0. The van der Waals surface area contributed by atoms with Gasteiger partial charge in [-0.25, -0.2) is 0 Å². The minimum absolute atomic E-state index is 0.124. The van der Waals surface area contributed by atoms with Crippen LogP contribution in [-0.4, -0.2) is 33.3 Å². The molecule has 1 aliphatic rings. The zero-order valence-electron chi connectivity index (χ0n) is 11.0. The third kappa shape index (κ3) is 3.07. The first-order valence-electron chi connectivity index (χ1n) is 6.58. The Morgan fingerprint density at radius 2 is 2.50 bits per heavy atom. The number of hydrogen-bond donors (Lipinski definition) is 2. The van der Waals surface area contributed by atoms with Gasteiger partial charge in [0.2, 0.25) is 5.91 Å². The van der Waals surface area contributed by atoms with E-state index in [9.17, 15) is 4.79 Å². The van der Waals surface area contributed by atoms with Crippen LogP contribution in [0.1, 0.15) is 32.5 Å². The van der Waals surface area contributed by atoms with Gasteiger partial charge in [-0.1, -0.05) is 0 Å². The summed E-state index contributed by atoms with van der Waals surface area (Å²) in [5, 5.41) is 14.2. The Balaban J connectivity index is 1.84. The lowest BCUT2D eigenvalue weighted by molar-refractivity contribution is -0.126. The van der Waals surface area contributed by atoms with Gasteiger partial charge in [-0.05, 0) is 33.2 Å². The average Bonchev–Trinajstić information content (AvgIpc) is 2.83. The van der Waals surface area contributed by atoms with Crippen LogP contribution in [-0.2, 0) is 17.9 Å². The second kappa shape index (κ2) is 5.95. The van der Waals surface area contributed by atoms with Crippen LogP contribution in [0.5, 0.6) is 0 Å². The first-order valence-corrected chi connectivity index (χ1v) is 6.58. The summed E-state index contributed by atoms with van der Waals surface area (Å²) < 4.78 is 1.94. The lowest BCUT2D eigenvalue weighted by Gasteiger charge is -2.27. The van der Waals surface area contributed by atoms with Crippen molar-refractivity contribution in [2.45, 2.75) is 45.8 Å². The van der Waals surface area contributed by atoms with E-state index in [4.69, 9.17) is 0 Å². The third-order valence-electron chi connectivity index (χ3n) is 3.45. The molecule has 0 aromatic carbocycles. The van der Waals surface area contributed by atoms with Crippen LogP contribution < -0.4 is 10.6 Å². The summed E-state index contributed by atoms with van der Waals surface area (Å²) in [6.45, 7) is 6.36. The van der Waals surface area contributed by atoms with E-state index < -0.39 is 0 Å². The Kier molecular flexibility index (Phi) is 4.30. The van der Waals surface area contributed by atoms with Crippen molar-refractivity contribution in [1.29, 1.82) is 0 Å². The summed E-state index contributed by atoms with van der Waals surface area (Å²) in [5.74, 6) is 1.07. The Hall–Kier alpha value is -1.43. The molecule has 2 atom stereocenters. The predicted octanol–water partition coefficient (Wildman–Crippen LogP) is 0.302. The molecule has 1 aliphatic heterocycles. The number of nitrogens with zero attached hydrogens (tertiary/aromatic N) is 3. The lowest BCUT2D eigenvalue weighted by Crippen LogP contribution is -2.42. The Bertz CT molecular complexity index is 403. The van der Waals surface area contributed by atoms with Crippen molar-refractivity contribution in [3.05, 3.63) is 12.2 Å². The van der Waals surface area contributed by atoms with E-state index in [1.165, 1.54) is 0 Å². The number of piperidine rings is 1. The Morgan fingerprint density at radius 1 is 1.67 bits per heavy atom. The Labute approximate surface area is 107 Å². The number of rotatable bonds is 4. The second-order valence-electron chi connectivity index (χ2n) is 4.83. The van der Waals surface area contributed by atoms with Crippen LogP contribution in [0, 0.1) is 5.92 Å². The highest BCUT2D eigenvalue weighted by atomic mass is 16.1. The molecule has 0 aliphatic carbocycles. The molecule has 1 aromatic rings. The van der Waals surface area contributed by atoms with E-state index in [2.05, 4.69) is 27.8 Å². The molecular formula is C12H21N5O. The molecule has 1 aromatic heterocycles. The van der Waals surface area contributed by atoms with Crippen LogP contribution in [0.15, 0.2) is 6.33 Å². The topological polar surface area (TPSA) is 71.8 Å². The lowest BCUT2D eigenvalue weighted by atomic mass is 9.92. The molecule has 18 heavy (non-hydrogen) atoms. The maximum absolute atomic E-state index is 12.0. The summed E-state index contributed by atoms with van der Waals surface area (Å²) in [6.07, 6.45) is 3.51. The minimum atomic E-state index is 0.124. The normalized spacial score (nSPS) is 23.9. The molecule has 0 spiro atoms. The number of aromatic nitrogens is 3. The molecule has 1 saturated heterocycles. The zero-order valence-corrected chi connectivity index (χ0v) is 11.0. The van der Waals surface area contributed by atoms with Gasteiger partial charge in [0, 0.05) is 18.5 Å². The molecule has 1 amide bonds. The van der Waals surface area contributed by atoms with E-state index in [0.29, 0.717) is 12.6 Å². The van der Waals surface area contributed by atoms with Gasteiger partial charge in [-0.2, -0.15) is 0 Å². The monoisotopic (exact) mass is 251 g/mol. The summed E-state index contributed by atoms with van der Waals surface area (Å²) >= 11 is 0. The number of amides is 1. The van der Waals surface area contributed by atoms with Crippen LogP contribution in [0.4, 0.5) is 0 Å². The molecule has 0 radical (unpaired) electrons. The average molecular weight is 251 g/mol. The smallest absolute Gasteiger partial charge is 0.223 e. The fraction of sp³-hybridized carbons (Fsp3) is 0.750. The van der Waals surface area contributed by atoms with E-state index in [1.807, 2.05) is 11.5 Å². The number of carbonyl (C=O) groups is 1. The van der Waals surface area contributed by atoms with Crippen molar-refractivity contribution in [1.82, 2.24) is 25.4 Å². The van der Waals surface area contributed by atoms with Crippen LogP contribution >= 0.6 is 0 Å². The van der Waals surface area contributed by atoms with Gasteiger partial charge in [0.15, 0.2) is 5.82 Å². The van der Waals surface area contributed by atoms with Gasteiger partial charge in [0.1, 0.15) is 6.33 Å². The fourth-order valence-corrected chi connectivity index (χ4v) is 2.36. The number of carbonyl (C=O) groups excluding carboxylic acids is 1. The molecule has 2 unspecified atom stereocenters. The molecule has 6 heteroatoms. The highest BCUT2D eigenvalue weighted by Crippen LogP contribution is 2.16. The molecule has 100 valence electrons. The van der Waals surface area contributed by atoms with Gasteiger partial charge < -0.3 is 15.2 Å². The predicted molar refractivity (Wildman–Crippen MR) is 67.7 cm³/mol. The summed E-state index contributed by atoms with van der Waals surface area (Å²) in [5.41, 5.74) is 0. The third-order valence-corrected chi connectivity index (χ3v) is 3.45. The molecule has 2 rings (SSSR count). The van der Waals surface area contributed by atoms with E-state index in [-0.39, 0.29) is 11.8 Å². The van der Waals surface area contributed by atoms with Crippen molar-refractivity contribution in [3.63, 3.8) is 0 Å². The number of aryl methyl sites for hydroxylation is 1. The summed E-state index contributed by atoms with van der Waals surface area (Å²) in [6, 6.07) is 0.425. The molecule has 2 heterocycles. The summed E-state index contributed by atoms with van der Waals surface area (Å²) in [4.78, 5) is 12.0. The van der Waals surface area contributed by atoms with Gasteiger partial charge in [-0.15, -0.1) is 10.2 Å². The van der Waals surface area contributed by atoms with Gasteiger partial charge in [-0.3, -0.25) is 4.79 Å². The molecule has 6 nitrogen and oxygen atoms in total.